The van der Waals surface area contributed by atoms with Gasteiger partial charge in [0.25, 0.3) is 0 Å². The molecule has 0 spiro atoms. The highest BCUT2D eigenvalue weighted by molar-refractivity contribution is 5.63. The molecule has 2 aromatic rings. The molecule has 0 aliphatic heterocycles. The van der Waals surface area contributed by atoms with E-state index in [1.54, 1.807) is 25.3 Å². The van der Waals surface area contributed by atoms with Gasteiger partial charge in [-0.1, -0.05) is 19.1 Å². The van der Waals surface area contributed by atoms with Gasteiger partial charge in [-0.25, -0.2) is 4.39 Å². The van der Waals surface area contributed by atoms with Gasteiger partial charge in [-0.05, 0) is 48.7 Å². The van der Waals surface area contributed by atoms with Crippen LogP contribution < -0.4 is 5.32 Å². The minimum atomic E-state index is -0.174. The fraction of sp³-hybridized carbons (Fsp3) is 0.312. The molecule has 1 N–H and O–H groups in total. The number of benzene rings is 1. The molecule has 1 heterocycles. The number of nitrogens with zero attached hydrogens (tertiary/aromatic N) is 1. The minimum absolute atomic E-state index is 0.174. The number of nitrogens with one attached hydrogen (secondary N) is 1. The van der Waals surface area contributed by atoms with Crippen LogP contribution in [0, 0.1) is 12.7 Å². The van der Waals surface area contributed by atoms with Crippen LogP contribution in [0.2, 0.25) is 0 Å². The van der Waals surface area contributed by atoms with E-state index in [9.17, 15) is 4.39 Å². The van der Waals surface area contributed by atoms with Gasteiger partial charge in [0, 0.05) is 24.5 Å². The Labute approximate surface area is 113 Å². The fourth-order valence-electron chi connectivity index (χ4n) is 1.92. The SMILES string of the molecule is CCCNCc1cncc(-c2ccc(C)c(F)c2)c1. The Balaban J connectivity index is 2.19. The Morgan fingerprint density at radius 1 is 1.16 bits per heavy atom. The normalized spacial score (nSPS) is 10.7. The second-order valence-corrected chi connectivity index (χ2v) is 4.72. The molecule has 0 amide bonds. The molecule has 0 bridgehead atoms. The van der Waals surface area contributed by atoms with Crippen LogP contribution in [-0.4, -0.2) is 11.5 Å². The van der Waals surface area contributed by atoms with Crippen molar-refractivity contribution in [3.05, 3.63) is 53.6 Å². The van der Waals surface area contributed by atoms with Gasteiger partial charge in [-0.3, -0.25) is 4.98 Å². The smallest absolute Gasteiger partial charge is 0.126 e. The molecule has 3 heteroatoms. The largest absolute Gasteiger partial charge is 0.313 e. The molecule has 0 atom stereocenters. The molecule has 0 fully saturated rings. The zero-order chi connectivity index (χ0) is 13.7. The Morgan fingerprint density at radius 2 is 2.00 bits per heavy atom. The third-order valence-electron chi connectivity index (χ3n) is 3.06. The summed E-state index contributed by atoms with van der Waals surface area (Å²) in [6, 6.07) is 7.35. The number of pyridine rings is 1. The van der Waals surface area contributed by atoms with Crippen LogP contribution in [0.5, 0.6) is 0 Å². The highest BCUT2D eigenvalue weighted by Crippen LogP contribution is 2.21. The molecule has 1 aromatic heterocycles. The highest BCUT2D eigenvalue weighted by atomic mass is 19.1. The maximum atomic E-state index is 13.6. The summed E-state index contributed by atoms with van der Waals surface area (Å²) < 4.78 is 13.6. The molecule has 0 aliphatic carbocycles. The number of hydrogen-bond acceptors (Lipinski definition) is 2. The molecule has 100 valence electrons. The van der Waals surface area contributed by atoms with Crippen molar-refractivity contribution in [1.29, 1.82) is 0 Å². The first kappa shape index (κ1) is 13.7. The number of rotatable bonds is 5. The Hall–Kier alpha value is -1.74. The average molecular weight is 258 g/mol. The standard InChI is InChI=1S/C16H19FN2/c1-3-6-18-9-13-7-15(11-19-10-13)14-5-4-12(2)16(17)8-14/h4-5,7-8,10-11,18H,3,6,9H2,1-2H3. The van der Waals surface area contributed by atoms with Crippen LogP contribution in [0.4, 0.5) is 4.39 Å². The maximum absolute atomic E-state index is 13.6. The summed E-state index contributed by atoms with van der Waals surface area (Å²) in [5.74, 6) is -0.174. The fourth-order valence-corrected chi connectivity index (χ4v) is 1.92. The molecule has 0 saturated carbocycles. The number of aryl methyl sites for hydroxylation is 1. The summed E-state index contributed by atoms with van der Waals surface area (Å²) in [4.78, 5) is 4.23. The quantitative estimate of drug-likeness (QED) is 0.827. The van der Waals surface area contributed by atoms with Gasteiger partial charge >= 0.3 is 0 Å². The predicted molar refractivity (Wildman–Crippen MR) is 76.4 cm³/mol. The monoisotopic (exact) mass is 258 g/mol. The molecule has 19 heavy (non-hydrogen) atoms. The first-order chi connectivity index (χ1) is 9.20. The van der Waals surface area contributed by atoms with Crippen molar-refractivity contribution in [3.8, 4) is 11.1 Å². The van der Waals surface area contributed by atoms with Crippen molar-refractivity contribution in [2.45, 2.75) is 26.8 Å². The van der Waals surface area contributed by atoms with Gasteiger partial charge in [0.2, 0.25) is 0 Å². The van der Waals surface area contributed by atoms with Gasteiger partial charge in [-0.2, -0.15) is 0 Å². The Kier molecular flexibility index (Phi) is 4.63. The molecular formula is C16H19FN2. The van der Waals surface area contributed by atoms with E-state index >= 15 is 0 Å². The Morgan fingerprint density at radius 3 is 2.74 bits per heavy atom. The van der Waals surface area contributed by atoms with Gasteiger partial charge in [0.1, 0.15) is 5.82 Å². The van der Waals surface area contributed by atoms with Crippen LogP contribution in [-0.2, 0) is 6.54 Å². The highest BCUT2D eigenvalue weighted by Gasteiger charge is 2.03. The second-order valence-electron chi connectivity index (χ2n) is 4.72. The Bertz CT molecular complexity index is 552. The van der Waals surface area contributed by atoms with E-state index in [1.165, 1.54) is 0 Å². The van der Waals surface area contributed by atoms with E-state index in [1.807, 2.05) is 12.3 Å². The summed E-state index contributed by atoms with van der Waals surface area (Å²) in [5, 5.41) is 3.34. The van der Waals surface area contributed by atoms with Gasteiger partial charge in [-0.15, -0.1) is 0 Å². The predicted octanol–water partition coefficient (Wildman–Crippen LogP) is 3.70. The van der Waals surface area contributed by atoms with Crippen LogP contribution >= 0.6 is 0 Å². The first-order valence-corrected chi connectivity index (χ1v) is 6.62. The van der Waals surface area contributed by atoms with Crippen LogP contribution in [0.15, 0.2) is 36.7 Å². The third-order valence-corrected chi connectivity index (χ3v) is 3.06. The third kappa shape index (κ3) is 3.61. The molecule has 0 aliphatic rings. The molecule has 2 nitrogen and oxygen atoms in total. The molecule has 0 saturated heterocycles. The first-order valence-electron chi connectivity index (χ1n) is 6.62. The topological polar surface area (TPSA) is 24.9 Å². The summed E-state index contributed by atoms with van der Waals surface area (Å²) in [6.07, 6.45) is 4.72. The van der Waals surface area contributed by atoms with Crippen LogP contribution in [0.25, 0.3) is 11.1 Å². The maximum Gasteiger partial charge on any atom is 0.126 e. The zero-order valence-electron chi connectivity index (χ0n) is 11.4. The summed E-state index contributed by atoms with van der Waals surface area (Å²) in [6.45, 7) is 5.69. The lowest BCUT2D eigenvalue weighted by atomic mass is 10.0. The van der Waals surface area contributed by atoms with Crippen LogP contribution in [0.3, 0.4) is 0 Å². The summed E-state index contributed by atoms with van der Waals surface area (Å²) in [5.41, 5.74) is 3.60. The second kappa shape index (κ2) is 6.43. The van der Waals surface area contributed by atoms with Crippen LogP contribution in [0.1, 0.15) is 24.5 Å². The van der Waals surface area contributed by atoms with Gasteiger partial charge in [0.05, 0.1) is 0 Å². The van der Waals surface area contributed by atoms with Crippen molar-refractivity contribution in [1.82, 2.24) is 10.3 Å². The lowest BCUT2D eigenvalue weighted by molar-refractivity contribution is 0.619. The van der Waals surface area contributed by atoms with Gasteiger partial charge in [0.15, 0.2) is 0 Å². The number of halogens is 1. The molecule has 2 rings (SSSR count). The summed E-state index contributed by atoms with van der Waals surface area (Å²) >= 11 is 0. The van der Waals surface area contributed by atoms with E-state index in [0.717, 1.165) is 36.2 Å². The van der Waals surface area contributed by atoms with Crippen molar-refractivity contribution < 1.29 is 4.39 Å². The van der Waals surface area contributed by atoms with Crippen molar-refractivity contribution >= 4 is 0 Å². The average Bonchev–Trinajstić information content (AvgIpc) is 2.43. The number of aromatic nitrogens is 1. The van der Waals surface area contributed by atoms with E-state index in [2.05, 4.69) is 23.3 Å². The lowest BCUT2D eigenvalue weighted by Gasteiger charge is -2.07. The van der Waals surface area contributed by atoms with E-state index < -0.39 is 0 Å². The lowest BCUT2D eigenvalue weighted by Crippen LogP contribution is -2.13. The number of hydrogen-bond donors (Lipinski definition) is 1. The zero-order valence-corrected chi connectivity index (χ0v) is 11.4. The van der Waals surface area contributed by atoms with E-state index in [-0.39, 0.29) is 5.82 Å². The van der Waals surface area contributed by atoms with E-state index in [0.29, 0.717) is 5.56 Å². The molecule has 1 aromatic carbocycles. The van der Waals surface area contributed by atoms with Crippen molar-refractivity contribution in [3.63, 3.8) is 0 Å². The van der Waals surface area contributed by atoms with Gasteiger partial charge < -0.3 is 5.32 Å². The minimum Gasteiger partial charge on any atom is -0.313 e. The molecular weight excluding hydrogens is 239 g/mol. The van der Waals surface area contributed by atoms with E-state index in [4.69, 9.17) is 0 Å². The van der Waals surface area contributed by atoms with Crippen molar-refractivity contribution in [2.75, 3.05) is 6.54 Å². The summed E-state index contributed by atoms with van der Waals surface area (Å²) in [7, 11) is 0. The van der Waals surface area contributed by atoms with Crippen molar-refractivity contribution in [2.24, 2.45) is 0 Å². The molecule has 0 radical (unpaired) electrons. The molecule has 0 unspecified atom stereocenters.